The van der Waals surface area contributed by atoms with Gasteiger partial charge in [-0.2, -0.15) is 0 Å². The number of aliphatic carboxylic acids is 1. The van der Waals surface area contributed by atoms with Crippen molar-refractivity contribution >= 4 is 17.6 Å². The highest BCUT2D eigenvalue weighted by atomic mass is 16.4. The Kier molecular flexibility index (Phi) is 2.85. The number of carbonyl (C=O) groups is 2. The Bertz CT molecular complexity index is 651. The summed E-state index contributed by atoms with van der Waals surface area (Å²) in [5, 5.41) is 15.8. The lowest BCUT2D eigenvalue weighted by atomic mass is 9.60. The molecule has 2 aliphatic heterocycles. The van der Waals surface area contributed by atoms with Gasteiger partial charge in [-0.25, -0.2) is 0 Å². The standard InChI is InChI=1S/C17H20N2O3/c20-14(21)13-10-17(16(19-13)8-4-1-5-9-16)11-6-2-3-7-12(11)18-15(17)22/h2-3,6-7,13,19H,1,4-5,8-10H2,(H,18,22)(H,20,21). The van der Waals surface area contributed by atoms with Gasteiger partial charge < -0.3 is 10.4 Å². The number of rotatable bonds is 1. The molecule has 116 valence electrons. The van der Waals surface area contributed by atoms with Crippen molar-refractivity contribution in [2.45, 2.75) is 55.5 Å². The molecular formula is C17H20N2O3. The molecule has 2 atom stereocenters. The summed E-state index contributed by atoms with van der Waals surface area (Å²) in [4.78, 5) is 24.5. The van der Waals surface area contributed by atoms with E-state index in [1.807, 2.05) is 24.3 Å². The molecule has 0 bridgehead atoms. The van der Waals surface area contributed by atoms with E-state index >= 15 is 0 Å². The topological polar surface area (TPSA) is 78.4 Å². The van der Waals surface area contributed by atoms with Gasteiger partial charge in [-0.1, -0.05) is 37.5 Å². The van der Waals surface area contributed by atoms with Crippen LogP contribution in [0.2, 0.25) is 0 Å². The molecule has 1 aromatic carbocycles. The first-order chi connectivity index (χ1) is 10.6. The molecule has 2 spiro atoms. The number of carbonyl (C=O) groups excluding carboxylic acids is 1. The summed E-state index contributed by atoms with van der Waals surface area (Å²) in [6.45, 7) is 0. The van der Waals surface area contributed by atoms with Crippen molar-refractivity contribution in [1.82, 2.24) is 5.32 Å². The maximum absolute atomic E-state index is 13.0. The van der Waals surface area contributed by atoms with E-state index in [1.165, 1.54) is 0 Å². The van der Waals surface area contributed by atoms with Gasteiger partial charge in [0.1, 0.15) is 6.04 Å². The highest BCUT2D eigenvalue weighted by molar-refractivity contribution is 6.08. The predicted octanol–water partition coefficient (Wildman–Crippen LogP) is 2.03. The molecule has 3 aliphatic rings. The summed E-state index contributed by atoms with van der Waals surface area (Å²) < 4.78 is 0. The molecule has 5 heteroatoms. The maximum Gasteiger partial charge on any atom is 0.320 e. The van der Waals surface area contributed by atoms with Gasteiger partial charge in [-0.05, 0) is 30.9 Å². The van der Waals surface area contributed by atoms with Crippen molar-refractivity contribution in [2.75, 3.05) is 5.32 Å². The van der Waals surface area contributed by atoms with E-state index in [0.717, 1.165) is 43.4 Å². The smallest absolute Gasteiger partial charge is 0.320 e. The third-order valence-electron chi connectivity index (χ3n) is 5.81. The summed E-state index contributed by atoms with van der Waals surface area (Å²) in [6.07, 6.45) is 5.29. The van der Waals surface area contributed by atoms with Crippen LogP contribution in [0.3, 0.4) is 0 Å². The van der Waals surface area contributed by atoms with Crippen molar-refractivity contribution in [3.63, 3.8) is 0 Å². The Morgan fingerprint density at radius 3 is 2.64 bits per heavy atom. The summed E-state index contributed by atoms with van der Waals surface area (Å²) in [5.41, 5.74) is 0.640. The molecule has 2 fully saturated rings. The number of anilines is 1. The summed E-state index contributed by atoms with van der Waals surface area (Å²) in [6, 6.07) is 7.08. The number of carboxylic acid groups (broad SMARTS) is 1. The zero-order chi connectivity index (χ0) is 15.4. The van der Waals surface area contributed by atoms with Gasteiger partial charge >= 0.3 is 5.97 Å². The van der Waals surface area contributed by atoms with Crippen LogP contribution >= 0.6 is 0 Å². The zero-order valence-electron chi connectivity index (χ0n) is 12.4. The lowest BCUT2D eigenvalue weighted by molar-refractivity contribution is -0.139. The van der Waals surface area contributed by atoms with Crippen LogP contribution in [0, 0.1) is 0 Å². The van der Waals surface area contributed by atoms with Gasteiger partial charge in [0.2, 0.25) is 5.91 Å². The number of hydrogen-bond donors (Lipinski definition) is 3. The van der Waals surface area contributed by atoms with E-state index in [2.05, 4.69) is 10.6 Å². The molecule has 0 aromatic heterocycles. The van der Waals surface area contributed by atoms with Crippen LogP contribution in [0.5, 0.6) is 0 Å². The van der Waals surface area contributed by atoms with Gasteiger partial charge in [-0.3, -0.25) is 14.9 Å². The lowest BCUT2D eigenvalue weighted by Gasteiger charge is -2.45. The molecule has 0 radical (unpaired) electrons. The maximum atomic E-state index is 13.0. The second-order valence-corrected chi connectivity index (χ2v) is 6.79. The van der Waals surface area contributed by atoms with Gasteiger partial charge in [-0.15, -0.1) is 0 Å². The van der Waals surface area contributed by atoms with Crippen LogP contribution < -0.4 is 10.6 Å². The second-order valence-electron chi connectivity index (χ2n) is 6.79. The largest absolute Gasteiger partial charge is 0.480 e. The zero-order valence-corrected chi connectivity index (χ0v) is 12.4. The molecule has 1 saturated heterocycles. The monoisotopic (exact) mass is 300 g/mol. The molecular weight excluding hydrogens is 280 g/mol. The van der Waals surface area contributed by atoms with Crippen molar-refractivity contribution < 1.29 is 14.7 Å². The Hall–Kier alpha value is -1.88. The van der Waals surface area contributed by atoms with E-state index in [4.69, 9.17) is 0 Å². The third kappa shape index (κ3) is 1.57. The highest BCUT2D eigenvalue weighted by Gasteiger charge is 2.66. The fourth-order valence-electron chi connectivity index (χ4n) is 4.88. The van der Waals surface area contributed by atoms with E-state index in [9.17, 15) is 14.7 Å². The average Bonchev–Trinajstić information content (AvgIpc) is 2.99. The van der Waals surface area contributed by atoms with Gasteiger partial charge in [0.25, 0.3) is 0 Å². The molecule has 1 saturated carbocycles. The van der Waals surface area contributed by atoms with Crippen molar-refractivity contribution in [3.8, 4) is 0 Å². The van der Waals surface area contributed by atoms with E-state index < -0.39 is 23.0 Å². The minimum absolute atomic E-state index is 0.0353. The summed E-state index contributed by atoms with van der Waals surface area (Å²) in [5.74, 6) is -0.897. The van der Waals surface area contributed by atoms with Crippen molar-refractivity contribution in [1.29, 1.82) is 0 Å². The molecule has 2 unspecified atom stereocenters. The molecule has 1 aromatic rings. The first-order valence-corrected chi connectivity index (χ1v) is 8.01. The molecule has 4 rings (SSSR count). The average molecular weight is 300 g/mol. The molecule has 1 aliphatic carbocycles. The van der Waals surface area contributed by atoms with Crippen LogP contribution in [-0.4, -0.2) is 28.6 Å². The van der Waals surface area contributed by atoms with Crippen LogP contribution in [0.4, 0.5) is 5.69 Å². The number of nitrogens with one attached hydrogen (secondary N) is 2. The van der Waals surface area contributed by atoms with Crippen LogP contribution in [0.1, 0.15) is 44.1 Å². The SMILES string of the molecule is O=C(O)C1CC2(C(=O)Nc3ccccc32)C2(CCCCC2)N1. The number of carboxylic acids is 1. The fourth-order valence-corrected chi connectivity index (χ4v) is 4.88. The normalized spacial score (nSPS) is 32.2. The Labute approximate surface area is 129 Å². The molecule has 1 amide bonds. The van der Waals surface area contributed by atoms with Gasteiger partial charge in [0.05, 0.1) is 5.41 Å². The van der Waals surface area contributed by atoms with Crippen molar-refractivity contribution in [2.24, 2.45) is 0 Å². The number of fused-ring (bicyclic) bond motifs is 3. The van der Waals surface area contributed by atoms with E-state index in [-0.39, 0.29) is 5.91 Å². The molecule has 22 heavy (non-hydrogen) atoms. The van der Waals surface area contributed by atoms with Crippen LogP contribution in [-0.2, 0) is 15.0 Å². The number of hydrogen-bond acceptors (Lipinski definition) is 3. The van der Waals surface area contributed by atoms with Crippen LogP contribution in [0.25, 0.3) is 0 Å². The van der Waals surface area contributed by atoms with E-state index in [0.29, 0.717) is 6.42 Å². The minimum atomic E-state index is -0.862. The fraction of sp³-hybridized carbons (Fsp3) is 0.529. The predicted molar refractivity (Wildman–Crippen MR) is 81.7 cm³/mol. The Balaban J connectivity index is 1.90. The summed E-state index contributed by atoms with van der Waals surface area (Å²) >= 11 is 0. The Morgan fingerprint density at radius 1 is 1.18 bits per heavy atom. The second kappa shape index (κ2) is 4.56. The highest BCUT2D eigenvalue weighted by Crippen LogP contribution is 2.56. The minimum Gasteiger partial charge on any atom is -0.480 e. The molecule has 3 N–H and O–H groups in total. The number of benzene rings is 1. The first kappa shape index (κ1) is 13.8. The number of amides is 1. The van der Waals surface area contributed by atoms with Gasteiger partial charge in [0, 0.05) is 11.2 Å². The van der Waals surface area contributed by atoms with E-state index in [1.54, 1.807) is 0 Å². The third-order valence-corrected chi connectivity index (χ3v) is 5.81. The van der Waals surface area contributed by atoms with Gasteiger partial charge in [0.15, 0.2) is 0 Å². The van der Waals surface area contributed by atoms with Crippen molar-refractivity contribution in [3.05, 3.63) is 29.8 Å². The molecule has 2 heterocycles. The lowest BCUT2D eigenvalue weighted by Crippen LogP contribution is -2.59. The molecule has 5 nitrogen and oxygen atoms in total. The summed E-state index contributed by atoms with van der Waals surface area (Å²) in [7, 11) is 0. The number of para-hydroxylation sites is 1. The quantitative estimate of drug-likeness (QED) is 0.741. The van der Waals surface area contributed by atoms with Crippen LogP contribution in [0.15, 0.2) is 24.3 Å². The first-order valence-electron chi connectivity index (χ1n) is 8.01. The Morgan fingerprint density at radius 2 is 1.91 bits per heavy atom.